The first-order valence-electron chi connectivity index (χ1n) is 10.5. The second kappa shape index (κ2) is 8.66. The number of nitrogens with one attached hydrogen (secondary N) is 1. The van der Waals surface area contributed by atoms with E-state index in [9.17, 15) is 18.3 Å². The van der Waals surface area contributed by atoms with Crippen LogP contribution in [0.1, 0.15) is 25.3 Å². The van der Waals surface area contributed by atoms with Crippen LogP contribution in [0.15, 0.2) is 23.1 Å². The lowest BCUT2D eigenvalue weighted by molar-refractivity contribution is -0.139. The SMILES string of the molecule is CC(=N)N1CCC(O)(CN2CCN(S(=O)(=O)C3=Cc4ccc(Cl)cc4OC3)CC2=O)CC1. The van der Waals surface area contributed by atoms with E-state index in [0.717, 1.165) is 0 Å². The Kier molecular flexibility index (Phi) is 6.23. The van der Waals surface area contributed by atoms with Crippen molar-refractivity contribution in [1.82, 2.24) is 14.1 Å². The number of piperidine rings is 1. The van der Waals surface area contributed by atoms with Crippen molar-refractivity contribution < 1.29 is 23.1 Å². The van der Waals surface area contributed by atoms with Crippen LogP contribution in [0.3, 0.4) is 0 Å². The van der Waals surface area contributed by atoms with E-state index < -0.39 is 15.6 Å². The summed E-state index contributed by atoms with van der Waals surface area (Å²) >= 11 is 5.96. The van der Waals surface area contributed by atoms with Crippen LogP contribution in [0, 0.1) is 5.41 Å². The van der Waals surface area contributed by atoms with Gasteiger partial charge in [-0.25, -0.2) is 8.42 Å². The summed E-state index contributed by atoms with van der Waals surface area (Å²) in [4.78, 5) is 16.3. The van der Waals surface area contributed by atoms with Gasteiger partial charge in [0.2, 0.25) is 15.9 Å². The molecular weight excluding hydrogens is 456 g/mol. The topological polar surface area (TPSA) is 114 Å². The molecule has 0 aliphatic carbocycles. The Bertz CT molecular complexity index is 1070. The van der Waals surface area contributed by atoms with E-state index in [4.69, 9.17) is 21.7 Å². The lowest BCUT2D eigenvalue weighted by atomic mass is 9.90. The summed E-state index contributed by atoms with van der Waals surface area (Å²) in [6, 6.07) is 5.00. The molecule has 1 amide bonds. The minimum Gasteiger partial charge on any atom is -0.487 e. The lowest BCUT2D eigenvalue weighted by Crippen LogP contribution is -2.58. The van der Waals surface area contributed by atoms with Crippen LogP contribution in [0.2, 0.25) is 5.02 Å². The number of halogens is 1. The van der Waals surface area contributed by atoms with Gasteiger partial charge in [-0.2, -0.15) is 4.31 Å². The number of sulfonamides is 1. The van der Waals surface area contributed by atoms with Gasteiger partial charge >= 0.3 is 0 Å². The lowest BCUT2D eigenvalue weighted by Gasteiger charge is -2.43. The summed E-state index contributed by atoms with van der Waals surface area (Å²) in [6.45, 7) is 3.00. The van der Waals surface area contributed by atoms with E-state index >= 15 is 0 Å². The molecule has 174 valence electrons. The third-order valence-electron chi connectivity index (χ3n) is 6.27. The number of aliphatic hydroxyl groups is 1. The maximum Gasteiger partial charge on any atom is 0.243 e. The number of amides is 1. The molecule has 0 unspecified atom stereocenters. The number of carbonyl (C=O) groups excluding carboxylic acids is 1. The average molecular weight is 483 g/mol. The van der Waals surface area contributed by atoms with Crippen molar-refractivity contribution in [2.45, 2.75) is 25.4 Å². The van der Waals surface area contributed by atoms with Crippen LogP contribution >= 0.6 is 11.6 Å². The fraction of sp³-hybridized carbons (Fsp3) is 0.524. The quantitative estimate of drug-likeness (QED) is 0.495. The minimum absolute atomic E-state index is 0.0987. The van der Waals surface area contributed by atoms with Crippen LogP contribution in [0.4, 0.5) is 0 Å². The molecule has 2 fully saturated rings. The summed E-state index contributed by atoms with van der Waals surface area (Å²) in [5.41, 5.74) is -0.397. The number of hydrogen-bond acceptors (Lipinski definition) is 6. The Hall–Kier alpha value is -2.14. The van der Waals surface area contributed by atoms with Crippen LogP contribution in [-0.4, -0.2) is 90.8 Å². The highest BCUT2D eigenvalue weighted by molar-refractivity contribution is 7.93. The number of piperazine rings is 1. The molecule has 11 heteroatoms. The predicted octanol–water partition coefficient (Wildman–Crippen LogP) is 1.37. The van der Waals surface area contributed by atoms with E-state index in [2.05, 4.69) is 0 Å². The number of β-amino-alcohol motifs (C(OH)–C–C–N with tert-alkyl or cyclic N) is 1. The largest absolute Gasteiger partial charge is 0.487 e. The van der Waals surface area contributed by atoms with Gasteiger partial charge in [0.05, 0.1) is 22.9 Å². The molecule has 1 aromatic carbocycles. The van der Waals surface area contributed by atoms with Gasteiger partial charge in [-0.1, -0.05) is 11.6 Å². The van der Waals surface area contributed by atoms with Crippen LogP contribution < -0.4 is 4.74 Å². The van der Waals surface area contributed by atoms with E-state index in [1.54, 1.807) is 36.1 Å². The fourth-order valence-electron chi connectivity index (χ4n) is 4.26. The van der Waals surface area contributed by atoms with Crippen molar-refractivity contribution in [2.75, 3.05) is 45.9 Å². The zero-order chi connectivity index (χ0) is 23.1. The second-order valence-corrected chi connectivity index (χ2v) is 11.0. The van der Waals surface area contributed by atoms with E-state index in [0.29, 0.717) is 48.1 Å². The van der Waals surface area contributed by atoms with Crippen molar-refractivity contribution in [2.24, 2.45) is 0 Å². The van der Waals surface area contributed by atoms with Crippen LogP contribution in [-0.2, 0) is 14.8 Å². The maximum absolute atomic E-state index is 13.1. The molecule has 3 heterocycles. The zero-order valence-electron chi connectivity index (χ0n) is 17.9. The van der Waals surface area contributed by atoms with Gasteiger partial charge in [0.15, 0.2) is 0 Å². The molecule has 0 aromatic heterocycles. The van der Waals surface area contributed by atoms with Crippen LogP contribution in [0.25, 0.3) is 6.08 Å². The maximum atomic E-state index is 13.1. The number of ether oxygens (including phenoxy) is 1. The van der Waals surface area contributed by atoms with Gasteiger partial charge < -0.3 is 19.6 Å². The Labute approximate surface area is 192 Å². The van der Waals surface area contributed by atoms with E-state index in [1.807, 2.05) is 4.90 Å². The second-order valence-electron chi connectivity index (χ2n) is 8.53. The number of amidine groups is 1. The van der Waals surface area contributed by atoms with Crippen molar-refractivity contribution in [3.8, 4) is 5.75 Å². The smallest absolute Gasteiger partial charge is 0.243 e. The molecule has 4 rings (SSSR count). The van der Waals surface area contributed by atoms with E-state index in [1.165, 1.54) is 4.31 Å². The normalized spacial score (nSPS) is 21.6. The molecule has 2 N–H and O–H groups in total. The van der Waals surface area contributed by atoms with Gasteiger partial charge in [-0.05, 0) is 44.0 Å². The molecule has 1 aromatic rings. The third-order valence-corrected chi connectivity index (χ3v) is 8.40. The number of rotatable bonds is 4. The molecule has 0 atom stereocenters. The van der Waals surface area contributed by atoms with Gasteiger partial charge in [-0.15, -0.1) is 0 Å². The van der Waals surface area contributed by atoms with Gasteiger partial charge in [-0.3, -0.25) is 10.2 Å². The first kappa shape index (κ1) is 23.0. The summed E-state index contributed by atoms with van der Waals surface area (Å²) in [6.07, 6.45) is 2.48. The third kappa shape index (κ3) is 4.63. The number of likely N-dealkylation sites (tertiary alicyclic amines) is 1. The predicted molar refractivity (Wildman–Crippen MR) is 121 cm³/mol. The molecule has 0 radical (unpaired) electrons. The molecule has 32 heavy (non-hydrogen) atoms. The van der Waals surface area contributed by atoms with Crippen molar-refractivity contribution in [3.63, 3.8) is 0 Å². The molecular formula is C21H27ClN4O5S. The average Bonchev–Trinajstić information content (AvgIpc) is 2.74. The van der Waals surface area contributed by atoms with Crippen molar-refractivity contribution in [1.29, 1.82) is 5.41 Å². The van der Waals surface area contributed by atoms with Crippen LogP contribution in [0.5, 0.6) is 5.75 Å². The van der Waals surface area contributed by atoms with Crippen molar-refractivity contribution >= 4 is 39.4 Å². The minimum atomic E-state index is -3.86. The summed E-state index contributed by atoms with van der Waals surface area (Å²) in [5, 5.41) is 19.1. The first-order chi connectivity index (χ1) is 15.1. The van der Waals surface area contributed by atoms with Gasteiger partial charge in [0, 0.05) is 43.3 Å². The molecule has 2 saturated heterocycles. The monoisotopic (exact) mass is 482 g/mol. The Morgan fingerprint density at radius 2 is 1.97 bits per heavy atom. The highest BCUT2D eigenvalue weighted by Gasteiger charge is 2.40. The number of fused-ring (bicyclic) bond motifs is 1. The molecule has 0 spiro atoms. The molecule has 0 bridgehead atoms. The number of carbonyl (C=O) groups is 1. The van der Waals surface area contributed by atoms with E-state index in [-0.39, 0.29) is 43.6 Å². The number of nitrogens with zero attached hydrogens (tertiary/aromatic N) is 3. The zero-order valence-corrected chi connectivity index (χ0v) is 19.5. The Balaban J connectivity index is 1.40. The summed E-state index contributed by atoms with van der Waals surface area (Å²) in [7, 11) is -3.86. The summed E-state index contributed by atoms with van der Waals surface area (Å²) < 4.78 is 33.0. The fourth-order valence-corrected chi connectivity index (χ4v) is 5.84. The number of hydrogen-bond donors (Lipinski definition) is 2. The Morgan fingerprint density at radius 1 is 1.25 bits per heavy atom. The molecule has 3 aliphatic rings. The van der Waals surface area contributed by atoms with Gasteiger partial charge in [0.1, 0.15) is 12.4 Å². The molecule has 9 nitrogen and oxygen atoms in total. The Morgan fingerprint density at radius 3 is 2.62 bits per heavy atom. The molecule has 3 aliphatic heterocycles. The first-order valence-corrected chi connectivity index (χ1v) is 12.3. The molecule has 0 saturated carbocycles. The van der Waals surface area contributed by atoms with Gasteiger partial charge in [0.25, 0.3) is 0 Å². The standard InChI is InChI=1S/C21H27ClN4O5S/c1-15(23)24-6-4-21(28,5-7-24)14-25-8-9-26(12-20(25)27)32(29,30)18-10-16-2-3-17(22)11-19(16)31-13-18/h2-3,10-11,23,28H,4-9,12-14H2,1H3. The van der Waals surface area contributed by atoms with Crippen molar-refractivity contribution in [3.05, 3.63) is 33.7 Å². The highest BCUT2D eigenvalue weighted by atomic mass is 35.5. The highest BCUT2D eigenvalue weighted by Crippen LogP contribution is 2.32. The summed E-state index contributed by atoms with van der Waals surface area (Å²) in [5.74, 6) is 0.659. The number of benzene rings is 1.